The molecule has 67 heavy (non-hydrogen) atoms. The minimum Gasteiger partial charge on any atom is -0.456 e. The molecular weight excluding hydrogens is 856 g/mol. The van der Waals surface area contributed by atoms with Crippen LogP contribution in [-0.2, 0) is 27.9 Å². The Balaban J connectivity index is 5.48. The largest absolute Gasteiger partial charge is 0.472 e. The van der Waals surface area contributed by atoms with Crippen molar-refractivity contribution in [1.82, 2.24) is 5.32 Å². The molecule has 0 fully saturated rings. The molecule has 0 aromatic heterocycles. The molecule has 9 nitrogen and oxygen atoms in total. The van der Waals surface area contributed by atoms with Gasteiger partial charge in [0.05, 0.1) is 33.8 Å². The van der Waals surface area contributed by atoms with Crippen LogP contribution in [0.25, 0.3) is 0 Å². The van der Waals surface area contributed by atoms with E-state index in [-0.39, 0.29) is 31.5 Å². The number of esters is 1. The molecule has 0 aromatic rings. The van der Waals surface area contributed by atoms with Crippen molar-refractivity contribution in [3.05, 3.63) is 85.1 Å². The number of hydrogen-bond donors (Lipinski definition) is 2. The van der Waals surface area contributed by atoms with E-state index in [9.17, 15) is 19.0 Å². The summed E-state index contributed by atoms with van der Waals surface area (Å²) in [6, 6.07) is -0.867. The molecule has 0 aliphatic carbocycles. The summed E-state index contributed by atoms with van der Waals surface area (Å²) < 4.78 is 30.5. The number of unbranched alkanes of at least 4 members (excludes halogenated alkanes) is 24. The fourth-order valence-corrected chi connectivity index (χ4v) is 8.06. The van der Waals surface area contributed by atoms with Crippen molar-refractivity contribution in [3.8, 4) is 0 Å². The first kappa shape index (κ1) is 64.2. The quantitative estimate of drug-likeness (QED) is 0.0156. The minimum absolute atomic E-state index is 0.0298. The zero-order valence-corrected chi connectivity index (χ0v) is 44.8. The van der Waals surface area contributed by atoms with Gasteiger partial charge in [-0.3, -0.25) is 18.6 Å². The van der Waals surface area contributed by atoms with Gasteiger partial charge in [0.15, 0.2) is 0 Å². The summed E-state index contributed by atoms with van der Waals surface area (Å²) in [6.07, 6.45) is 60.0. The van der Waals surface area contributed by atoms with Gasteiger partial charge in [-0.15, -0.1) is 0 Å². The highest BCUT2D eigenvalue weighted by molar-refractivity contribution is 7.47. The second kappa shape index (κ2) is 46.9. The highest BCUT2D eigenvalue weighted by Gasteiger charge is 2.30. The van der Waals surface area contributed by atoms with Crippen molar-refractivity contribution in [1.29, 1.82) is 0 Å². The first-order chi connectivity index (χ1) is 32.4. The number of carbonyl (C=O) groups excluding carboxylic acids is 2. The Morgan fingerprint density at radius 1 is 0.537 bits per heavy atom. The number of ether oxygens (including phenoxy) is 1. The lowest BCUT2D eigenvalue weighted by Gasteiger charge is -2.27. The number of allylic oxidation sites excluding steroid dienone is 13. The summed E-state index contributed by atoms with van der Waals surface area (Å²) in [5.41, 5.74) is 0. The van der Waals surface area contributed by atoms with Crippen LogP contribution in [0.5, 0.6) is 0 Å². The lowest BCUT2D eigenvalue weighted by atomic mass is 10.0. The van der Waals surface area contributed by atoms with Gasteiger partial charge in [0.2, 0.25) is 5.91 Å². The van der Waals surface area contributed by atoms with E-state index in [1.54, 1.807) is 0 Å². The molecule has 0 aliphatic heterocycles. The third-order valence-electron chi connectivity index (χ3n) is 11.5. The summed E-state index contributed by atoms with van der Waals surface area (Å²) in [6.45, 7) is 6.81. The number of nitrogens with zero attached hydrogens (tertiary/aromatic N) is 1. The van der Waals surface area contributed by atoms with Crippen LogP contribution < -0.4 is 5.32 Å². The number of hydrogen-bond acceptors (Lipinski definition) is 6. The molecule has 0 bridgehead atoms. The Hall–Kier alpha value is -2.81. The van der Waals surface area contributed by atoms with Gasteiger partial charge in [0.25, 0.3) is 0 Å². The SMILES string of the molecule is CC\C=C/C=C/C=C/C=C\C=C\C=C\CCCCCC(=O)OC(/C=C/CCCCCCCCCCC)C(COP(=O)(O)OCC[N+](C)(C)C)NC(=O)CCCCCCCCCCCCCCC. The molecule has 0 saturated carbocycles. The molecule has 386 valence electrons. The molecule has 0 saturated heterocycles. The van der Waals surface area contributed by atoms with Crippen LogP contribution in [0.2, 0.25) is 0 Å². The van der Waals surface area contributed by atoms with E-state index in [1.165, 1.54) is 109 Å². The van der Waals surface area contributed by atoms with Gasteiger partial charge in [0, 0.05) is 12.8 Å². The number of phosphoric acid groups is 1. The summed E-state index contributed by atoms with van der Waals surface area (Å²) >= 11 is 0. The number of likely N-dealkylation sites (N-methyl/N-ethyl adjacent to an activating group) is 1. The van der Waals surface area contributed by atoms with E-state index in [4.69, 9.17) is 13.8 Å². The van der Waals surface area contributed by atoms with Crippen molar-refractivity contribution in [2.75, 3.05) is 40.9 Å². The smallest absolute Gasteiger partial charge is 0.456 e. The van der Waals surface area contributed by atoms with Crippen molar-refractivity contribution in [3.63, 3.8) is 0 Å². The zero-order chi connectivity index (χ0) is 49.4. The molecule has 0 aromatic carbocycles. The fraction of sp³-hybridized carbons (Fsp3) is 0.719. The van der Waals surface area contributed by atoms with Gasteiger partial charge in [-0.25, -0.2) is 4.57 Å². The van der Waals surface area contributed by atoms with E-state index in [2.05, 4.69) is 38.2 Å². The molecule has 2 N–H and O–H groups in total. The monoisotopic (exact) mass is 958 g/mol. The Kier molecular flexibility index (Phi) is 44.9. The maximum Gasteiger partial charge on any atom is 0.472 e. The predicted octanol–water partition coefficient (Wildman–Crippen LogP) is 15.9. The van der Waals surface area contributed by atoms with Gasteiger partial charge >= 0.3 is 13.8 Å². The van der Waals surface area contributed by atoms with Crippen molar-refractivity contribution in [2.45, 2.75) is 226 Å². The van der Waals surface area contributed by atoms with Gasteiger partial charge < -0.3 is 19.4 Å². The molecule has 0 rings (SSSR count). The standard InChI is InChI=1S/C57H101N2O7P/c1-7-10-13-16-19-22-25-27-28-29-30-32-35-38-41-44-47-50-57(61)66-55(48-45-42-39-36-33-24-21-18-15-12-9-3)54(53-65-67(62,63)64-52-51-59(4,5)6)58-56(60)49-46-43-40-37-34-31-26-23-20-17-14-11-8-2/h10,13,16,19,22,25,27-30,32,35,45,48,54-55H,7-9,11-12,14-15,17-18,20-21,23-24,26,31,33-34,36-44,46-47,49-53H2,1-6H3,(H-,58,60,62,63)/p+1/b13-10-,19-16+,25-22+,28-27-,30-29+,35-32+,48-45+. The summed E-state index contributed by atoms with van der Waals surface area (Å²) in [7, 11) is 1.46. The van der Waals surface area contributed by atoms with Crippen molar-refractivity contribution >= 4 is 19.7 Å². The molecule has 0 spiro atoms. The van der Waals surface area contributed by atoms with Gasteiger partial charge in [-0.1, -0.05) is 235 Å². The van der Waals surface area contributed by atoms with Gasteiger partial charge in [-0.05, 0) is 51.0 Å². The summed E-state index contributed by atoms with van der Waals surface area (Å²) in [4.78, 5) is 37.4. The molecule has 3 atom stereocenters. The van der Waals surface area contributed by atoms with E-state index in [0.717, 1.165) is 64.2 Å². The first-order valence-electron chi connectivity index (χ1n) is 27.0. The summed E-state index contributed by atoms with van der Waals surface area (Å²) in [5, 5.41) is 3.03. The third-order valence-corrected chi connectivity index (χ3v) is 12.5. The predicted molar refractivity (Wildman–Crippen MR) is 286 cm³/mol. The second-order valence-electron chi connectivity index (χ2n) is 19.2. The van der Waals surface area contributed by atoms with E-state index < -0.39 is 20.0 Å². The number of carbonyl (C=O) groups is 2. The number of rotatable bonds is 47. The Morgan fingerprint density at radius 3 is 1.45 bits per heavy atom. The van der Waals surface area contributed by atoms with Crippen LogP contribution in [0.3, 0.4) is 0 Å². The lowest BCUT2D eigenvalue weighted by Crippen LogP contribution is -2.47. The van der Waals surface area contributed by atoms with Crippen LogP contribution in [0.4, 0.5) is 0 Å². The van der Waals surface area contributed by atoms with Crippen LogP contribution >= 0.6 is 7.82 Å². The van der Waals surface area contributed by atoms with Gasteiger partial charge in [0.1, 0.15) is 19.3 Å². The number of quaternary nitrogens is 1. The zero-order valence-electron chi connectivity index (χ0n) is 43.9. The van der Waals surface area contributed by atoms with Crippen LogP contribution in [0.1, 0.15) is 213 Å². The molecule has 3 unspecified atom stereocenters. The average molecular weight is 958 g/mol. The summed E-state index contributed by atoms with van der Waals surface area (Å²) in [5.74, 6) is -0.560. The number of nitrogens with one attached hydrogen (secondary N) is 1. The van der Waals surface area contributed by atoms with Crippen LogP contribution in [-0.4, -0.2) is 74.3 Å². The Bertz CT molecular complexity index is 1430. The Morgan fingerprint density at radius 2 is 0.955 bits per heavy atom. The third kappa shape index (κ3) is 48.0. The topological polar surface area (TPSA) is 111 Å². The van der Waals surface area contributed by atoms with Crippen LogP contribution in [0, 0.1) is 0 Å². The molecule has 0 heterocycles. The molecule has 1 amide bonds. The maximum absolute atomic E-state index is 13.4. The molecule has 0 radical (unpaired) electrons. The highest BCUT2D eigenvalue weighted by atomic mass is 31.2. The van der Waals surface area contributed by atoms with Gasteiger partial charge in [-0.2, -0.15) is 0 Å². The number of amides is 1. The fourth-order valence-electron chi connectivity index (χ4n) is 7.32. The van der Waals surface area contributed by atoms with Crippen LogP contribution in [0.15, 0.2) is 85.1 Å². The van der Waals surface area contributed by atoms with Crippen molar-refractivity contribution in [2.24, 2.45) is 0 Å². The normalized spacial score (nSPS) is 14.6. The second-order valence-corrected chi connectivity index (χ2v) is 20.6. The van der Waals surface area contributed by atoms with E-state index in [1.807, 2.05) is 94.1 Å². The lowest BCUT2D eigenvalue weighted by molar-refractivity contribution is -0.870. The van der Waals surface area contributed by atoms with Crippen molar-refractivity contribution < 1.29 is 37.3 Å². The van der Waals surface area contributed by atoms with E-state index in [0.29, 0.717) is 23.9 Å². The first-order valence-corrected chi connectivity index (χ1v) is 28.5. The molecular formula is C57H102N2O7P+. The minimum atomic E-state index is -4.45. The maximum atomic E-state index is 13.4. The number of phosphoric ester groups is 1. The van der Waals surface area contributed by atoms with E-state index >= 15 is 0 Å². The average Bonchev–Trinajstić information content (AvgIpc) is 3.28. The Labute approximate surface area is 412 Å². The highest BCUT2D eigenvalue weighted by Crippen LogP contribution is 2.43. The molecule has 0 aliphatic rings. The molecule has 10 heteroatoms.